The minimum absolute atomic E-state index is 0.0975. The number of methoxy groups -OCH3 is 1. The van der Waals surface area contributed by atoms with Crippen molar-refractivity contribution < 1.29 is 17.7 Å². The smallest absolute Gasteiger partial charge is 0.257 e. The van der Waals surface area contributed by atoms with Crippen molar-refractivity contribution in [2.24, 2.45) is 0 Å². The van der Waals surface area contributed by atoms with Gasteiger partial charge in [0, 0.05) is 24.6 Å². The molecule has 8 heteroatoms. The van der Waals surface area contributed by atoms with Crippen LogP contribution in [0.15, 0.2) is 57.9 Å². The lowest BCUT2D eigenvalue weighted by molar-refractivity contribution is 0.302. The molecule has 0 aliphatic carbocycles. The zero-order valence-electron chi connectivity index (χ0n) is 16.4. The molecule has 152 valence electrons. The van der Waals surface area contributed by atoms with Gasteiger partial charge < -0.3 is 9.26 Å². The molecule has 1 fully saturated rings. The maximum absolute atomic E-state index is 13.0. The lowest BCUT2D eigenvalue weighted by atomic mass is 9.99. The maximum atomic E-state index is 13.0. The summed E-state index contributed by atoms with van der Waals surface area (Å²) in [5.41, 5.74) is 1.82. The molecule has 1 aliphatic heterocycles. The van der Waals surface area contributed by atoms with Crippen LogP contribution in [-0.2, 0) is 10.0 Å². The van der Waals surface area contributed by atoms with E-state index in [0.717, 1.165) is 29.7 Å². The van der Waals surface area contributed by atoms with Gasteiger partial charge in [0.05, 0.1) is 12.0 Å². The Morgan fingerprint density at radius 3 is 2.52 bits per heavy atom. The fourth-order valence-corrected chi connectivity index (χ4v) is 5.01. The summed E-state index contributed by atoms with van der Waals surface area (Å²) in [4.78, 5) is 4.84. The molecule has 2 aromatic carbocycles. The minimum atomic E-state index is -3.54. The molecule has 3 aromatic rings. The predicted molar refractivity (Wildman–Crippen MR) is 108 cm³/mol. The molecule has 0 saturated carbocycles. The highest BCUT2D eigenvalue weighted by Gasteiger charge is 2.33. The zero-order valence-corrected chi connectivity index (χ0v) is 17.2. The fraction of sp³-hybridized carbons (Fsp3) is 0.333. The molecule has 2 heterocycles. The first-order valence-corrected chi connectivity index (χ1v) is 11.0. The van der Waals surface area contributed by atoms with E-state index in [1.54, 1.807) is 19.2 Å². The Hall–Kier alpha value is -2.71. The van der Waals surface area contributed by atoms with Crippen LogP contribution in [0.4, 0.5) is 0 Å². The summed E-state index contributed by atoms with van der Waals surface area (Å²) in [7, 11) is -1.93. The number of aryl methyl sites for hydroxylation is 1. The summed E-state index contributed by atoms with van der Waals surface area (Å²) < 4.78 is 38.1. The van der Waals surface area contributed by atoms with Gasteiger partial charge in [-0.1, -0.05) is 22.9 Å². The van der Waals surface area contributed by atoms with Gasteiger partial charge in [-0.05, 0) is 56.2 Å². The summed E-state index contributed by atoms with van der Waals surface area (Å²) in [6, 6.07) is 14.3. The van der Waals surface area contributed by atoms with E-state index in [0.29, 0.717) is 29.7 Å². The third-order valence-electron chi connectivity index (χ3n) is 5.19. The van der Waals surface area contributed by atoms with Crippen LogP contribution < -0.4 is 4.74 Å². The van der Waals surface area contributed by atoms with Gasteiger partial charge >= 0.3 is 0 Å². The zero-order chi connectivity index (χ0) is 20.4. The van der Waals surface area contributed by atoms with Gasteiger partial charge in [0.1, 0.15) is 5.75 Å². The van der Waals surface area contributed by atoms with E-state index >= 15 is 0 Å². The number of sulfonamides is 1. The van der Waals surface area contributed by atoms with Crippen molar-refractivity contribution in [3.63, 3.8) is 0 Å². The van der Waals surface area contributed by atoms with Crippen molar-refractivity contribution >= 4 is 10.0 Å². The van der Waals surface area contributed by atoms with E-state index in [1.165, 1.54) is 4.31 Å². The number of piperidine rings is 1. The minimum Gasteiger partial charge on any atom is -0.497 e. The highest BCUT2D eigenvalue weighted by Crippen LogP contribution is 2.30. The van der Waals surface area contributed by atoms with Gasteiger partial charge in [-0.2, -0.15) is 9.29 Å². The average Bonchev–Trinajstić information content (AvgIpc) is 3.24. The van der Waals surface area contributed by atoms with E-state index in [2.05, 4.69) is 10.1 Å². The molecule has 29 heavy (non-hydrogen) atoms. The monoisotopic (exact) mass is 413 g/mol. The Balaban J connectivity index is 1.52. The van der Waals surface area contributed by atoms with Crippen molar-refractivity contribution in [3.05, 3.63) is 59.9 Å². The molecule has 0 bridgehead atoms. The first-order chi connectivity index (χ1) is 14.0. The number of benzene rings is 2. The maximum Gasteiger partial charge on any atom is 0.257 e. The van der Waals surface area contributed by atoms with Crippen LogP contribution in [0.1, 0.15) is 30.1 Å². The Labute approximate surface area is 170 Å². The van der Waals surface area contributed by atoms with Crippen molar-refractivity contribution in [2.75, 3.05) is 20.2 Å². The van der Waals surface area contributed by atoms with Gasteiger partial charge in [0.2, 0.25) is 10.0 Å². The topological polar surface area (TPSA) is 85.5 Å². The van der Waals surface area contributed by atoms with E-state index in [9.17, 15) is 8.42 Å². The van der Waals surface area contributed by atoms with E-state index in [-0.39, 0.29) is 5.92 Å². The van der Waals surface area contributed by atoms with E-state index in [4.69, 9.17) is 9.26 Å². The van der Waals surface area contributed by atoms with Gasteiger partial charge in [0.25, 0.3) is 5.89 Å². The second-order valence-electron chi connectivity index (χ2n) is 7.20. The van der Waals surface area contributed by atoms with E-state index in [1.807, 2.05) is 43.3 Å². The van der Waals surface area contributed by atoms with Gasteiger partial charge in [-0.15, -0.1) is 0 Å². The SMILES string of the molecule is COc1ccc(-c2nc([C@H]3CCCN(S(=O)(=O)c4ccc(C)cc4)C3)no2)cc1. The average molecular weight is 413 g/mol. The Morgan fingerprint density at radius 1 is 1.10 bits per heavy atom. The number of ether oxygens (including phenoxy) is 1. The van der Waals surface area contributed by atoms with Crippen molar-refractivity contribution in [2.45, 2.75) is 30.6 Å². The quantitative estimate of drug-likeness (QED) is 0.635. The predicted octanol–water partition coefficient (Wildman–Crippen LogP) is 3.62. The number of rotatable bonds is 5. The van der Waals surface area contributed by atoms with Crippen LogP contribution in [0.2, 0.25) is 0 Å². The molecule has 4 rings (SSSR count). The van der Waals surface area contributed by atoms with Gasteiger partial charge in [-0.3, -0.25) is 0 Å². The van der Waals surface area contributed by atoms with Gasteiger partial charge in [0.15, 0.2) is 5.82 Å². The van der Waals surface area contributed by atoms with E-state index < -0.39 is 10.0 Å². The van der Waals surface area contributed by atoms with Gasteiger partial charge in [-0.25, -0.2) is 8.42 Å². The molecular weight excluding hydrogens is 390 g/mol. The Morgan fingerprint density at radius 2 is 1.83 bits per heavy atom. The van der Waals surface area contributed by atoms with Crippen LogP contribution in [0.5, 0.6) is 5.75 Å². The second-order valence-corrected chi connectivity index (χ2v) is 9.14. The summed E-state index contributed by atoms with van der Waals surface area (Å²) >= 11 is 0. The molecule has 1 atom stereocenters. The van der Waals surface area contributed by atoms with Crippen LogP contribution in [0, 0.1) is 6.92 Å². The molecule has 0 radical (unpaired) electrons. The lowest BCUT2D eigenvalue weighted by Crippen LogP contribution is -2.39. The molecule has 1 saturated heterocycles. The largest absolute Gasteiger partial charge is 0.497 e. The standard InChI is InChI=1S/C21H23N3O4S/c1-15-5-11-19(12-6-15)29(25,26)24-13-3-4-17(14-24)20-22-21(28-23-20)16-7-9-18(27-2)10-8-16/h5-12,17H,3-4,13-14H2,1-2H3/t17-/m0/s1. The summed E-state index contributed by atoms with van der Waals surface area (Å²) in [6.07, 6.45) is 1.57. The first kappa shape index (κ1) is 19.6. The number of aromatic nitrogens is 2. The lowest BCUT2D eigenvalue weighted by Gasteiger charge is -2.30. The molecule has 0 amide bonds. The molecule has 1 aromatic heterocycles. The second kappa shape index (κ2) is 7.96. The molecule has 0 spiro atoms. The molecular formula is C21H23N3O4S. The third kappa shape index (κ3) is 4.04. The molecule has 0 N–H and O–H groups in total. The van der Waals surface area contributed by atoms with Crippen LogP contribution in [-0.4, -0.2) is 43.1 Å². The fourth-order valence-electron chi connectivity index (χ4n) is 3.48. The summed E-state index contributed by atoms with van der Waals surface area (Å²) in [6.45, 7) is 2.78. The number of nitrogens with zero attached hydrogens (tertiary/aromatic N) is 3. The molecule has 1 aliphatic rings. The van der Waals surface area contributed by atoms with Crippen LogP contribution in [0.25, 0.3) is 11.5 Å². The van der Waals surface area contributed by atoms with Crippen molar-refractivity contribution in [1.82, 2.24) is 14.4 Å². The molecule has 7 nitrogen and oxygen atoms in total. The first-order valence-electron chi connectivity index (χ1n) is 9.52. The Kier molecular flexibility index (Phi) is 5.38. The van der Waals surface area contributed by atoms with Crippen molar-refractivity contribution in [3.8, 4) is 17.2 Å². The van der Waals surface area contributed by atoms with Crippen LogP contribution >= 0.6 is 0 Å². The summed E-state index contributed by atoms with van der Waals surface area (Å²) in [5, 5.41) is 4.12. The van der Waals surface area contributed by atoms with Crippen LogP contribution in [0.3, 0.4) is 0 Å². The normalized spacial score (nSPS) is 17.9. The van der Waals surface area contributed by atoms with Crippen molar-refractivity contribution in [1.29, 1.82) is 0 Å². The number of hydrogen-bond donors (Lipinski definition) is 0. The highest BCUT2D eigenvalue weighted by molar-refractivity contribution is 7.89. The highest BCUT2D eigenvalue weighted by atomic mass is 32.2. The summed E-state index contributed by atoms with van der Waals surface area (Å²) in [5.74, 6) is 1.61. The third-order valence-corrected chi connectivity index (χ3v) is 7.07. The Bertz CT molecular complexity index is 1080. The molecule has 0 unspecified atom stereocenters. The number of hydrogen-bond acceptors (Lipinski definition) is 6.